The first-order chi connectivity index (χ1) is 6.52. The molecule has 0 atom stereocenters. The lowest BCUT2D eigenvalue weighted by Crippen LogP contribution is -1.93. The van der Waals surface area contributed by atoms with Crippen molar-refractivity contribution in [3.63, 3.8) is 0 Å². The first kappa shape index (κ1) is 10.5. The lowest BCUT2D eigenvalue weighted by atomic mass is 10.1. The Balaban J connectivity index is 3.19. The van der Waals surface area contributed by atoms with Gasteiger partial charge in [-0.2, -0.15) is 0 Å². The molecule has 0 radical (unpaired) electrons. The summed E-state index contributed by atoms with van der Waals surface area (Å²) in [5, 5.41) is 0. The summed E-state index contributed by atoms with van der Waals surface area (Å²) in [4.78, 5) is 10.5. The minimum atomic E-state index is -1.29. The van der Waals surface area contributed by atoms with Gasteiger partial charge < -0.3 is 0 Å². The van der Waals surface area contributed by atoms with Crippen LogP contribution >= 0.6 is 0 Å². The number of hydrogen-bond acceptors (Lipinski definition) is 1. The molecule has 0 fully saturated rings. The second kappa shape index (κ2) is 4.09. The monoisotopic (exact) mass is 200 g/mol. The molecule has 0 bridgehead atoms. The molecule has 0 N–H and O–H groups in total. The van der Waals surface area contributed by atoms with Crippen LogP contribution in [0.1, 0.15) is 12.5 Å². The van der Waals surface area contributed by atoms with Crippen LogP contribution in [0.15, 0.2) is 18.2 Å². The smallest absolute Gasteiger partial charge is 0.168 e. The van der Waals surface area contributed by atoms with Gasteiger partial charge in [-0.3, -0.25) is 4.79 Å². The zero-order valence-corrected chi connectivity index (χ0v) is 7.35. The lowest BCUT2D eigenvalue weighted by molar-refractivity contribution is -0.112. The van der Waals surface area contributed by atoms with E-state index in [1.807, 2.05) is 0 Å². The molecule has 0 aliphatic rings. The standard InChI is InChI=1S/C10H7F3O/c1-6(14)2-3-7-8(11)4-5-9(12)10(7)13/h2-5H,1H3/b3-2+. The Kier molecular flexibility index (Phi) is 3.06. The van der Waals surface area contributed by atoms with E-state index in [-0.39, 0.29) is 5.78 Å². The number of ketones is 1. The van der Waals surface area contributed by atoms with Gasteiger partial charge in [0, 0.05) is 5.56 Å². The van der Waals surface area contributed by atoms with Gasteiger partial charge in [-0.15, -0.1) is 0 Å². The Morgan fingerprint density at radius 2 is 1.79 bits per heavy atom. The quantitative estimate of drug-likeness (QED) is 0.530. The average Bonchev–Trinajstić information content (AvgIpc) is 2.11. The summed E-state index contributed by atoms with van der Waals surface area (Å²) in [6, 6.07) is 1.49. The van der Waals surface area contributed by atoms with Crippen LogP contribution in [-0.4, -0.2) is 5.78 Å². The van der Waals surface area contributed by atoms with E-state index in [1.54, 1.807) is 0 Å². The van der Waals surface area contributed by atoms with Crippen LogP contribution in [0.25, 0.3) is 6.08 Å². The first-order valence-electron chi connectivity index (χ1n) is 3.84. The molecular weight excluding hydrogens is 193 g/mol. The molecule has 74 valence electrons. The van der Waals surface area contributed by atoms with Crippen LogP contribution in [0.5, 0.6) is 0 Å². The number of carbonyl (C=O) groups is 1. The molecule has 4 heteroatoms. The van der Waals surface area contributed by atoms with Crippen LogP contribution < -0.4 is 0 Å². The first-order valence-corrected chi connectivity index (χ1v) is 3.84. The number of rotatable bonds is 2. The second-order valence-corrected chi connectivity index (χ2v) is 2.70. The SMILES string of the molecule is CC(=O)/C=C/c1c(F)ccc(F)c1F. The largest absolute Gasteiger partial charge is 0.295 e. The number of benzene rings is 1. The van der Waals surface area contributed by atoms with Gasteiger partial charge in [0.05, 0.1) is 0 Å². The van der Waals surface area contributed by atoms with Gasteiger partial charge in [-0.05, 0) is 31.2 Å². The Morgan fingerprint density at radius 3 is 2.36 bits per heavy atom. The van der Waals surface area contributed by atoms with Crippen molar-refractivity contribution >= 4 is 11.9 Å². The summed E-state index contributed by atoms with van der Waals surface area (Å²) in [5.74, 6) is -3.70. The molecule has 1 rings (SSSR count). The maximum Gasteiger partial charge on any atom is 0.168 e. The highest BCUT2D eigenvalue weighted by molar-refractivity contribution is 5.91. The van der Waals surface area contributed by atoms with E-state index in [1.165, 1.54) is 6.92 Å². The van der Waals surface area contributed by atoms with E-state index in [4.69, 9.17) is 0 Å². The third-order valence-corrected chi connectivity index (χ3v) is 1.56. The van der Waals surface area contributed by atoms with Crippen molar-refractivity contribution in [2.75, 3.05) is 0 Å². The van der Waals surface area contributed by atoms with Crippen LogP contribution in [0.3, 0.4) is 0 Å². The fourth-order valence-electron chi connectivity index (χ4n) is 0.896. The molecular formula is C10H7F3O. The summed E-state index contributed by atoms with van der Waals surface area (Å²) in [6.45, 7) is 1.23. The van der Waals surface area contributed by atoms with E-state index >= 15 is 0 Å². The molecule has 0 amide bonds. The maximum absolute atomic E-state index is 12.9. The fourth-order valence-corrected chi connectivity index (χ4v) is 0.896. The van der Waals surface area contributed by atoms with Gasteiger partial charge in [-0.25, -0.2) is 13.2 Å². The Hall–Kier alpha value is -1.58. The van der Waals surface area contributed by atoms with Gasteiger partial charge in [0.25, 0.3) is 0 Å². The molecule has 0 aliphatic carbocycles. The second-order valence-electron chi connectivity index (χ2n) is 2.70. The molecule has 0 unspecified atom stereocenters. The molecule has 0 aliphatic heterocycles. The Morgan fingerprint density at radius 1 is 1.21 bits per heavy atom. The van der Waals surface area contributed by atoms with Gasteiger partial charge in [-0.1, -0.05) is 0 Å². The predicted molar refractivity (Wildman–Crippen MR) is 46.0 cm³/mol. The van der Waals surface area contributed by atoms with E-state index < -0.39 is 23.0 Å². The summed E-state index contributed by atoms with van der Waals surface area (Å²) in [6.07, 6.45) is 1.89. The summed E-state index contributed by atoms with van der Waals surface area (Å²) in [5.41, 5.74) is -0.541. The Labute approximate surface area is 78.9 Å². The van der Waals surface area contributed by atoms with Crippen LogP contribution in [0.4, 0.5) is 13.2 Å². The topological polar surface area (TPSA) is 17.1 Å². The number of hydrogen-bond donors (Lipinski definition) is 0. The number of allylic oxidation sites excluding steroid dienone is 1. The van der Waals surface area contributed by atoms with Crippen LogP contribution in [-0.2, 0) is 4.79 Å². The molecule has 0 saturated heterocycles. The van der Waals surface area contributed by atoms with Crippen LogP contribution in [0.2, 0.25) is 0 Å². The minimum absolute atomic E-state index is 0.368. The van der Waals surface area contributed by atoms with Crippen molar-refractivity contribution in [1.29, 1.82) is 0 Å². The Bertz CT molecular complexity index is 397. The lowest BCUT2D eigenvalue weighted by Gasteiger charge is -1.99. The average molecular weight is 200 g/mol. The van der Waals surface area contributed by atoms with Gasteiger partial charge in [0.15, 0.2) is 17.4 Å². The molecule has 1 nitrogen and oxygen atoms in total. The van der Waals surface area contributed by atoms with E-state index in [2.05, 4.69) is 0 Å². The van der Waals surface area contributed by atoms with Crippen molar-refractivity contribution < 1.29 is 18.0 Å². The fraction of sp³-hybridized carbons (Fsp3) is 0.100. The van der Waals surface area contributed by atoms with Crippen molar-refractivity contribution in [1.82, 2.24) is 0 Å². The van der Waals surface area contributed by atoms with E-state index in [0.29, 0.717) is 6.07 Å². The van der Waals surface area contributed by atoms with Crippen molar-refractivity contribution in [3.05, 3.63) is 41.2 Å². The highest BCUT2D eigenvalue weighted by Gasteiger charge is 2.10. The van der Waals surface area contributed by atoms with Gasteiger partial charge in [0.1, 0.15) is 5.82 Å². The molecule has 0 saturated carbocycles. The number of carbonyl (C=O) groups excluding carboxylic acids is 1. The van der Waals surface area contributed by atoms with Crippen LogP contribution in [0, 0.1) is 17.5 Å². The zero-order valence-electron chi connectivity index (χ0n) is 7.35. The van der Waals surface area contributed by atoms with Crippen molar-refractivity contribution in [3.8, 4) is 0 Å². The normalized spacial score (nSPS) is 10.9. The van der Waals surface area contributed by atoms with Gasteiger partial charge >= 0.3 is 0 Å². The van der Waals surface area contributed by atoms with Crippen molar-refractivity contribution in [2.24, 2.45) is 0 Å². The zero-order chi connectivity index (χ0) is 10.7. The maximum atomic E-state index is 12.9. The summed E-state index contributed by atoms with van der Waals surface area (Å²) in [7, 11) is 0. The highest BCUT2D eigenvalue weighted by atomic mass is 19.2. The molecule has 1 aromatic carbocycles. The van der Waals surface area contributed by atoms with Crippen molar-refractivity contribution in [2.45, 2.75) is 6.92 Å². The number of halogens is 3. The molecule has 1 aromatic rings. The summed E-state index contributed by atoms with van der Waals surface area (Å²) < 4.78 is 38.5. The van der Waals surface area contributed by atoms with E-state index in [0.717, 1.165) is 18.2 Å². The summed E-state index contributed by atoms with van der Waals surface area (Å²) >= 11 is 0. The molecule has 14 heavy (non-hydrogen) atoms. The van der Waals surface area contributed by atoms with E-state index in [9.17, 15) is 18.0 Å². The molecule has 0 heterocycles. The third-order valence-electron chi connectivity index (χ3n) is 1.56. The third kappa shape index (κ3) is 2.22. The molecule has 0 spiro atoms. The highest BCUT2D eigenvalue weighted by Crippen LogP contribution is 2.17. The molecule has 0 aromatic heterocycles. The predicted octanol–water partition coefficient (Wildman–Crippen LogP) is 2.71. The minimum Gasteiger partial charge on any atom is -0.295 e. The van der Waals surface area contributed by atoms with Gasteiger partial charge in [0.2, 0.25) is 0 Å².